The van der Waals surface area contributed by atoms with Crippen LogP contribution in [0.2, 0.25) is 0 Å². The zero-order valence-electron chi connectivity index (χ0n) is 20.8. The summed E-state index contributed by atoms with van der Waals surface area (Å²) in [6, 6.07) is 13.1. The van der Waals surface area contributed by atoms with E-state index in [-0.39, 0.29) is 18.6 Å². The molecular weight excluding hydrogens is 540 g/mol. The molecule has 1 fully saturated rings. The number of aromatic nitrogens is 4. The minimum absolute atomic E-state index is 0.213. The second-order valence-electron chi connectivity index (χ2n) is 8.96. The van der Waals surface area contributed by atoms with Gasteiger partial charge in [0.15, 0.2) is 15.4 Å². The summed E-state index contributed by atoms with van der Waals surface area (Å²) in [5, 5.41) is 16.3. The average Bonchev–Trinajstić information content (AvgIpc) is 3.73. The molecule has 200 valence electrons. The summed E-state index contributed by atoms with van der Waals surface area (Å²) >= 11 is 3.04. The third kappa shape index (κ3) is 4.90. The number of rotatable bonds is 8. The standard InChI is InChI=1S/C26H24N6O5S2/c1-38-26-30-32-17(13-27-24(32)39-26)22-28-21-18(10-5-11-19(21)37-22)36-14-16-9-6-12-31(16)23(33)20(29-25(34)35)15-7-3-2-4-8-15/h2-5,7-8,10-11,13,16,20,29H,6,9,12,14H2,1H3,(H,34,35)/t16-,20+/m0/s1. The Bertz CT molecular complexity index is 1650. The van der Waals surface area contributed by atoms with Crippen LogP contribution in [-0.2, 0) is 4.79 Å². The van der Waals surface area contributed by atoms with E-state index in [1.165, 1.54) is 11.3 Å². The van der Waals surface area contributed by atoms with E-state index in [4.69, 9.17) is 9.15 Å². The van der Waals surface area contributed by atoms with Crippen molar-refractivity contribution in [2.24, 2.45) is 0 Å². The van der Waals surface area contributed by atoms with Crippen LogP contribution in [0, 0.1) is 0 Å². The Morgan fingerprint density at radius 1 is 1.26 bits per heavy atom. The molecule has 6 rings (SSSR count). The highest BCUT2D eigenvalue weighted by Crippen LogP contribution is 2.33. The van der Waals surface area contributed by atoms with E-state index in [9.17, 15) is 14.7 Å². The van der Waals surface area contributed by atoms with E-state index < -0.39 is 12.1 Å². The molecule has 1 aliphatic rings. The molecule has 39 heavy (non-hydrogen) atoms. The molecule has 5 aromatic rings. The SMILES string of the molecule is CSc1nn2c(-c3nc4c(OC[C@@H]5CCCN5C(=O)[C@H](NC(=O)O)c5ccccc5)cccc4o3)cnc2s1. The van der Waals surface area contributed by atoms with Gasteiger partial charge in [-0.15, -0.1) is 5.10 Å². The van der Waals surface area contributed by atoms with Crippen molar-refractivity contribution in [1.29, 1.82) is 0 Å². The number of ether oxygens (including phenoxy) is 1. The summed E-state index contributed by atoms with van der Waals surface area (Å²) < 4.78 is 14.8. The van der Waals surface area contributed by atoms with Gasteiger partial charge in [0.05, 0.1) is 12.2 Å². The highest BCUT2D eigenvalue weighted by Gasteiger charge is 2.35. The molecule has 4 heterocycles. The first kappa shape index (κ1) is 25.2. The summed E-state index contributed by atoms with van der Waals surface area (Å²) in [5.41, 5.74) is 2.37. The molecule has 2 aromatic carbocycles. The normalized spacial score (nSPS) is 16.1. The van der Waals surface area contributed by atoms with Gasteiger partial charge in [-0.05, 0) is 36.8 Å². The van der Waals surface area contributed by atoms with Crippen LogP contribution in [0.15, 0.2) is 63.5 Å². The monoisotopic (exact) mass is 564 g/mol. The smallest absolute Gasteiger partial charge is 0.405 e. The van der Waals surface area contributed by atoms with Gasteiger partial charge in [-0.25, -0.2) is 14.8 Å². The highest BCUT2D eigenvalue weighted by atomic mass is 32.2. The van der Waals surface area contributed by atoms with Crippen molar-refractivity contribution in [3.05, 3.63) is 60.3 Å². The van der Waals surface area contributed by atoms with Crippen molar-refractivity contribution in [3.8, 4) is 17.3 Å². The fourth-order valence-electron chi connectivity index (χ4n) is 4.76. The molecule has 0 bridgehead atoms. The van der Waals surface area contributed by atoms with Crippen LogP contribution in [0.4, 0.5) is 4.79 Å². The number of carbonyl (C=O) groups excluding carboxylic acids is 1. The van der Waals surface area contributed by atoms with E-state index in [0.717, 1.165) is 22.1 Å². The van der Waals surface area contributed by atoms with Crippen molar-refractivity contribution < 1.29 is 23.8 Å². The Kier molecular flexibility index (Phi) is 6.83. The van der Waals surface area contributed by atoms with Gasteiger partial charge in [-0.2, -0.15) is 4.52 Å². The minimum Gasteiger partial charge on any atom is -0.489 e. The molecule has 0 spiro atoms. The lowest BCUT2D eigenvalue weighted by atomic mass is 10.1. The number of carbonyl (C=O) groups is 2. The summed E-state index contributed by atoms with van der Waals surface area (Å²) in [5.74, 6) is 0.623. The first-order valence-electron chi connectivity index (χ1n) is 12.3. The lowest BCUT2D eigenvalue weighted by Crippen LogP contribution is -2.46. The minimum atomic E-state index is -1.25. The second-order valence-corrected chi connectivity index (χ2v) is 11.0. The third-order valence-electron chi connectivity index (χ3n) is 6.58. The molecule has 2 N–H and O–H groups in total. The van der Waals surface area contributed by atoms with Crippen molar-refractivity contribution in [2.45, 2.75) is 29.3 Å². The Hall–Kier alpha value is -4.10. The van der Waals surface area contributed by atoms with Crippen molar-refractivity contribution in [3.63, 3.8) is 0 Å². The lowest BCUT2D eigenvalue weighted by molar-refractivity contribution is -0.134. The van der Waals surface area contributed by atoms with Crippen LogP contribution < -0.4 is 10.1 Å². The van der Waals surface area contributed by atoms with Crippen LogP contribution in [0.1, 0.15) is 24.4 Å². The maximum Gasteiger partial charge on any atom is 0.405 e. The summed E-state index contributed by atoms with van der Waals surface area (Å²) in [7, 11) is 0. The molecule has 0 saturated carbocycles. The Morgan fingerprint density at radius 2 is 2.10 bits per heavy atom. The van der Waals surface area contributed by atoms with Crippen LogP contribution in [0.3, 0.4) is 0 Å². The number of nitrogens with one attached hydrogen (secondary N) is 1. The number of benzene rings is 2. The predicted molar refractivity (Wildman–Crippen MR) is 146 cm³/mol. The molecule has 13 heteroatoms. The number of oxazole rings is 1. The number of fused-ring (bicyclic) bond motifs is 2. The molecule has 11 nitrogen and oxygen atoms in total. The van der Waals surface area contributed by atoms with Crippen LogP contribution >= 0.6 is 23.1 Å². The number of thioether (sulfide) groups is 1. The Morgan fingerprint density at radius 3 is 2.90 bits per heavy atom. The predicted octanol–water partition coefficient (Wildman–Crippen LogP) is 4.70. The number of likely N-dealkylation sites (tertiary alicyclic amines) is 1. The quantitative estimate of drug-likeness (QED) is 0.257. The van der Waals surface area contributed by atoms with E-state index in [1.807, 2.05) is 30.5 Å². The number of para-hydroxylation sites is 1. The Labute approximate surface area is 230 Å². The molecular formula is C26H24N6O5S2. The van der Waals surface area contributed by atoms with Crippen molar-refractivity contribution >= 4 is 51.2 Å². The number of hydrogen-bond acceptors (Lipinski definition) is 9. The summed E-state index contributed by atoms with van der Waals surface area (Å²) in [6.07, 6.45) is 3.94. The van der Waals surface area contributed by atoms with Crippen LogP contribution in [0.25, 0.3) is 27.6 Å². The lowest BCUT2D eigenvalue weighted by Gasteiger charge is -2.29. The Balaban J connectivity index is 1.22. The van der Waals surface area contributed by atoms with Gasteiger partial charge in [-0.3, -0.25) is 4.79 Å². The summed E-state index contributed by atoms with van der Waals surface area (Å²) in [4.78, 5) is 36.5. The van der Waals surface area contributed by atoms with Crippen molar-refractivity contribution in [1.82, 2.24) is 29.8 Å². The number of amides is 2. The second kappa shape index (κ2) is 10.6. The van der Waals surface area contributed by atoms with Gasteiger partial charge in [0, 0.05) is 6.54 Å². The molecule has 1 saturated heterocycles. The van der Waals surface area contributed by atoms with Gasteiger partial charge in [0.25, 0.3) is 0 Å². The number of imidazole rings is 1. The topological polar surface area (TPSA) is 135 Å². The molecule has 2 atom stereocenters. The van der Waals surface area contributed by atoms with E-state index in [0.29, 0.717) is 40.5 Å². The maximum atomic E-state index is 13.5. The molecule has 0 aliphatic carbocycles. The first-order valence-corrected chi connectivity index (χ1v) is 14.3. The molecule has 3 aromatic heterocycles. The molecule has 0 radical (unpaired) electrons. The number of nitrogens with zero attached hydrogens (tertiary/aromatic N) is 5. The van der Waals surface area contributed by atoms with E-state index in [1.54, 1.807) is 51.6 Å². The average molecular weight is 565 g/mol. The first-order chi connectivity index (χ1) is 19.0. The van der Waals surface area contributed by atoms with Crippen LogP contribution in [-0.4, -0.2) is 67.0 Å². The highest BCUT2D eigenvalue weighted by molar-refractivity contribution is 8.00. The van der Waals surface area contributed by atoms with E-state index >= 15 is 0 Å². The zero-order chi connectivity index (χ0) is 26.9. The fraction of sp³-hybridized carbons (Fsp3) is 0.269. The fourth-order valence-corrected chi connectivity index (χ4v) is 6.09. The molecule has 0 unspecified atom stereocenters. The van der Waals surface area contributed by atoms with Crippen molar-refractivity contribution in [2.75, 3.05) is 19.4 Å². The summed E-state index contributed by atoms with van der Waals surface area (Å²) in [6.45, 7) is 0.764. The van der Waals surface area contributed by atoms with Gasteiger partial charge in [0.1, 0.15) is 24.1 Å². The van der Waals surface area contributed by atoms with Gasteiger partial charge in [-0.1, -0.05) is 59.5 Å². The zero-order valence-corrected chi connectivity index (χ0v) is 22.4. The number of hydrogen-bond donors (Lipinski definition) is 2. The number of carboxylic acid groups (broad SMARTS) is 1. The van der Waals surface area contributed by atoms with Crippen LogP contribution in [0.5, 0.6) is 5.75 Å². The third-order valence-corrected chi connectivity index (χ3v) is 8.48. The largest absolute Gasteiger partial charge is 0.489 e. The van der Waals surface area contributed by atoms with Gasteiger partial charge < -0.3 is 24.5 Å². The molecule has 2 amide bonds. The van der Waals surface area contributed by atoms with Gasteiger partial charge in [0.2, 0.25) is 16.8 Å². The molecule has 1 aliphatic heterocycles. The maximum absolute atomic E-state index is 13.5. The van der Waals surface area contributed by atoms with E-state index in [2.05, 4.69) is 20.4 Å². The van der Waals surface area contributed by atoms with Gasteiger partial charge >= 0.3 is 6.09 Å².